The van der Waals surface area contributed by atoms with Gasteiger partial charge in [-0.1, -0.05) is 30.3 Å². The average molecular weight is 428 g/mol. The molecule has 0 N–H and O–H groups in total. The first-order valence-electron chi connectivity index (χ1n) is 9.63. The molecule has 0 amide bonds. The zero-order chi connectivity index (χ0) is 21.4. The minimum absolute atomic E-state index is 0.214. The number of rotatable bonds is 4. The quantitative estimate of drug-likeness (QED) is 0.374. The fourth-order valence-corrected chi connectivity index (χ4v) is 3.88. The molecule has 0 unspecified atom stereocenters. The van der Waals surface area contributed by atoms with E-state index in [1.54, 1.807) is 40.8 Å². The van der Waals surface area contributed by atoms with Crippen LogP contribution in [0.4, 0.5) is 4.39 Å². The molecule has 2 heterocycles. The Morgan fingerprint density at radius 1 is 0.871 bits per heavy atom. The molecule has 5 aromatic rings. The summed E-state index contributed by atoms with van der Waals surface area (Å²) in [6.07, 6.45) is 3.65. The number of hydrogen-bond donors (Lipinski definition) is 0. The maximum atomic E-state index is 14.7. The third-order valence-corrected chi connectivity index (χ3v) is 5.76. The number of benzene rings is 3. The first-order valence-corrected chi connectivity index (χ1v) is 10.9. The topological polar surface area (TPSA) is 52.7 Å². The van der Waals surface area contributed by atoms with Gasteiger partial charge in [0.25, 0.3) is 5.56 Å². The second-order valence-corrected chi connectivity index (χ2v) is 7.78. The molecule has 7 heteroatoms. The summed E-state index contributed by atoms with van der Waals surface area (Å²) in [5.74, 6) is -0.239. The van der Waals surface area contributed by atoms with Crippen LogP contribution in [0.1, 0.15) is 0 Å². The molecule has 0 atom stereocenters. The molecule has 31 heavy (non-hydrogen) atoms. The smallest absolute Gasteiger partial charge is 0.268 e. The average Bonchev–Trinajstić information content (AvgIpc) is 3.25. The molecule has 0 aliphatic heterocycles. The van der Waals surface area contributed by atoms with Gasteiger partial charge in [-0.15, -0.1) is 16.9 Å². The maximum Gasteiger partial charge on any atom is 0.269 e. The van der Waals surface area contributed by atoms with Crippen LogP contribution < -0.4 is 5.56 Å². The Hall–Kier alpha value is -3.71. The van der Waals surface area contributed by atoms with Crippen molar-refractivity contribution in [2.24, 2.45) is 0 Å². The van der Waals surface area contributed by atoms with Gasteiger partial charge in [0.1, 0.15) is 11.2 Å². The summed E-state index contributed by atoms with van der Waals surface area (Å²) in [6, 6.07) is 23.3. The van der Waals surface area contributed by atoms with Gasteiger partial charge < -0.3 is 0 Å². The fraction of sp³-hybridized carbons (Fsp3) is 0.0417. The first kappa shape index (κ1) is 19.3. The van der Waals surface area contributed by atoms with Crippen molar-refractivity contribution in [1.82, 2.24) is 19.3 Å². The van der Waals surface area contributed by atoms with Gasteiger partial charge in [-0.2, -0.15) is 0 Å². The molecule has 152 valence electrons. The van der Waals surface area contributed by atoms with Gasteiger partial charge in [0.2, 0.25) is 0 Å². The summed E-state index contributed by atoms with van der Waals surface area (Å²) in [5.41, 5.74) is 1.63. The van der Waals surface area contributed by atoms with E-state index in [1.807, 2.05) is 60.9 Å². The zero-order valence-electron chi connectivity index (χ0n) is 16.6. The molecule has 0 fully saturated rings. The van der Waals surface area contributed by atoms with Gasteiger partial charge >= 0.3 is 0 Å². The number of halogens is 1. The Morgan fingerprint density at radius 3 is 2.29 bits per heavy atom. The monoisotopic (exact) mass is 428 g/mol. The number of aromatic nitrogens is 4. The van der Waals surface area contributed by atoms with Gasteiger partial charge in [0, 0.05) is 11.1 Å². The highest BCUT2D eigenvalue weighted by Gasteiger charge is 2.19. The van der Waals surface area contributed by atoms with Gasteiger partial charge in [0.15, 0.2) is 11.5 Å². The molecule has 3 aromatic carbocycles. The number of thioether (sulfide) groups is 1. The predicted molar refractivity (Wildman–Crippen MR) is 122 cm³/mol. The highest BCUT2D eigenvalue weighted by atomic mass is 32.2. The van der Waals surface area contributed by atoms with Crippen molar-refractivity contribution in [2.45, 2.75) is 4.90 Å². The van der Waals surface area contributed by atoms with Gasteiger partial charge in [0.05, 0.1) is 16.9 Å². The van der Waals surface area contributed by atoms with Gasteiger partial charge in [-0.3, -0.25) is 9.36 Å². The van der Waals surface area contributed by atoms with Crippen molar-refractivity contribution >= 4 is 22.8 Å². The lowest BCUT2D eigenvalue weighted by Gasteiger charge is -2.13. The molecule has 0 bridgehead atoms. The highest BCUT2D eigenvalue weighted by molar-refractivity contribution is 7.98. The molecule has 5 rings (SSSR count). The van der Waals surface area contributed by atoms with Crippen molar-refractivity contribution in [2.75, 3.05) is 6.26 Å². The van der Waals surface area contributed by atoms with Crippen LogP contribution in [0, 0.1) is 5.82 Å². The number of fused-ring (bicyclic) bond motifs is 1. The summed E-state index contributed by atoms with van der Waals surface area (Å²) in [4.78, 5) is 19.3. The molecule has 0 spiro atoms. The van der Waals surface area contributed by atoms with Crippen molar-refractivity contribution < 1.29 is 4.39 Å². The fourth-order valence-electron chi connectivity index (χ4n) is 3.47. The zero-order valence-corrected chi connectivity index (χ0v) is 17.4. The van der Waals surface area contributed by atoms with Crippen LogP contribution in [0.2, 0.25) is 0 Å². The normalized spacial score (nSPS) is 11.2. The molecule has 0 aliphatic carbocycles. The summed E-state index contributed by atoms with van der Waals surface area (Å²) in [7, 11) is 0. The van der Waals surface area contributed by atoms with Crippen LogP contribution in [-0.2, 0) is 0 Å². The van der Waals surface area contributed by atoms with Crippen LogP contribution in [0.3, 0.4) is 0 Å². The summed E-state index contributed by atoms with van der Waals surface area (Å²) in [5, 5.41) is 4.85. The Kier molecular flexibility index (Phi) is 4.88. The third-order valence-electron chi connectivity index (χ3n) is 5.02. The molecule has 0 saturated carbocycles. The molecular weight excluding hydrogens is 411 g/mol. The van der Waals surface area contributed by atoms with E-state index in [0.717, 1.165) is 10.6 Å². The lowest BCUT2D eigenvalue weighted by molar-refractivity contribution is 0.629. The SMILES string of the molecule is CSc1ccc(-n2c(-c3ccccc3F)nc3nn(-c4ccccc4)cc3c2=O)cc1. The van der Waals surface area contributed by atoms with E-state index in [9.17, 15) is 9.18 Å². The largest absolute Gasteiger partial charge is 0.269 e. The molecule has 0 aliphatic rings. The summed E-state index contributed by atoms with van der Waals surface area (Å²) in [6.45, 7) is 0. The van der Waals surface area contributed by atoms with E-state index in [0.29, 0.717) is 11.1 Å². The molecular formula is C24H17FN4OS. The van der Waals surface area contributed by atoms with E-state index < -0.39 is 5.82 Å². The number of hydrogen-bond acceptors (Lipinski definition) is 4. The van der Waals surface area contributed by atoms with E-state index >= 15 is 0 Å². The second-order valence-electron chi connectivity index (χ2n) is 6.90. The van der Waals surface area contributed by atoms with E-state index in [4.69, 9.17) is 0 Å². The molecule has 0 radical (unpaired) electrons. The van der Waals surface area contributed by atoms with Crippen molar-refractivity contribution in [3.8, 4) is 22.8 Å². The number of nitrogens with zero attached hydrogens (tertiary/aromatic N) is 4. The van der Waals surface area contributed by atoms with E-state index in [1.165, 1.54) is 10.6 Å². The lowest BCUT2D eigenvalue weighted by atomic mass is 10.1. The summed E-state index contributed by atoms with van der Waals surface area (Å²) < 4.78 is 17.8. The van der Waals surface area contributed by atoms with Crippen LogP contribution in [0.5, 0.6) is 0 Å². The summed E-state index contributed by atoms with van der Waals surface area (Å²) >= 11 is 1.61. The minimum Gasteiger partial charge on any atom is -0.268 e. The van der Waals surface area contributed by atoms with Gasteiger partial charge in [-0.25, -0.2) is 14.1 Å². The van der Waals surface area contributed by atoms with Crippen LogP contribution >= 0.6 is 11.8 Å². The molecule has 2 aromatic heterocycles. The Balaban J connectivity index is 1.81. The van der Waals surface area contributed by atoms with Crippen molar-refractivity contribution in [3.05, 3.63) is 101 Å². The standard InChI is InChI=1S/C24H17FN4OS/c1-31-18-13-11-17(12-14-18)29-23(19-9-5-6-10-21(19)25)26-22-20(24(29)30)15-28(27-22)16-7-3-2-4-8-16/h2-15H,1H3. The van der Waals surface area contributed by atoms with Gasteiger partial charge in [-0.05, 0) is 54.8 Å². The van der Waals surface area contributed by atoms with E-state index in [2.05, 4.69) is 10.1 Å². The first-order chi connectivity index (χ1) is 15.2. The Labute approximate surface area is 181 Å². The van der Waals surface area contributed by atoms with Crippen LogP contribution in [-0.4, -0.2) is 25.6 Å². The molecule has 5 nitrogen and oxygen atoms in total. The maximum absolute atomic E-state index is 14.7. The Morgan fingerprint density at radius 2 is 1.58 bits per heavy atom. The second kappa shape index (κ2) is 7.85. The van der Waals surface area contributed by atoms with Crippen molar-refractivity contribution in [1.29, 1.82) is 0 Å². The minimum atomic E-state index is -0.453. The third kappa shape index (κ3) is 3.43. The predicted octanol–water partition coefficient (Wildman–Crippen LogP) is 5.10. The van der Waals surface area contributed by atoms with Crippen molar-refractivity contribution in [3.63, 3.8) is 0 Å². The number of para-hydroxylation sites is 1. The Bertz CT molecular complexity index is 1440. The van der Waals surface area contributed by atoms with E-state index in [-0.39, 0.29) is 22.6 Å². The molecule has 0 saturated heterocycles. The lowest BCUT2D eigenvalue weighted by Crippen LogP contribution is -2.21. The van der Waals surface area contributed by atoms with Crippen LogP contribution in [0.15, 0.2) is 94.7 Å². The van der Waals surface area contributed by atoms with Crippen LogP contribution in [0.25, 0.3) is 33.8 Å². The highest BCUT2D eigenvalue weighted by Crippen LogP contribution is 2.25.